The van der Waals surface area contributed by atoms with Crippen LogP contribution in [0.1, 0.15) is 10.4 Å². The van der Waals surface area contributed by atoms with E-state index in [1.54, 1.807) is 17.4 Å². The minimum Gasteiger partial charge on any atom is -0.392 e. The molecule has 1 aliphatic heterocycles. The van der Waals surface area contributed by atoms with Crippen molar-refractivity contribution in [2.75, 3.05) is 36.5 Å². The van der Waals surface area contributed by atoms with E-state index in [0.717, 1.165) is 29.2 Å². The molecule has 2 N–H and O–H groups in total. The number of aliphatic hydroxyl groups is 1. The van der Waals surface area contributed by atoms with Crippen molar-refractivity contribution >= 4 is 34.7 Å². The number of thiophene rings is 1. The van der Waals surface area contributed by atoms with Crippen LogP contribution in [0.3, 0.4) is 0 Å². The second-order valence-corrected chi connectivity index (χ2v) is 6.42. The van der Waals surface area contributed by atoms with Crippen LogP contribution in [0.15, 0.2) is 41.8 Å². The summed E-state index contributed by atoms with van der Waals surface area (Å²) in [4.78, 5) is 15.2. The van der Waals surface area contributed by atoms with Crippen molar-refractivity contribution in [1.29, 1.82) is 0 Å². The molecule has 0 atom stereocenters. The monoisotopic (exact) mass is 344 g/mol. The van der Waals surface area contributed by atoms with Gasteiger partial charge >= 0.3 is 0 Å². The zero-order chi connectivity index (χ0) is 16.8. The predicted molar refractivity (Wildman–Crippen MR) is 97.4 cm³/mol. The minimum absolute atomic E-state index is 0.0680. The highest BCUT2D eigenvalue weighted by Crippen LogP contribution is 2.25. The first kappa shape index (κ1) is 16.7. The second kappa shape index (κ2) is 8.10. The summed E-state index contributed by atoms with van der Waals surface area (Å²) < 4.78 is 5.36. The number of benzene rings is 1. The molecule has 1 aromatic heterocycles. The Morgan fingerprint density at radius 1 is 1.33 bits per heavy atom. The smallest absolute Gasteiger partial charge is 0.248 e. The molecule has 1 amide bonds. The lowest BCUT2D eigenvalue weighted by Crippen LogP contribution is -2.36. The normalized spacial score (nSPS) is 15.0. The fourth-order valence-electron chi connectivity index (χ4n) is 2.63. The molecule has 5 nitrogen and oxygen atoms in total. The summed E-state index contributed by atoms with van der Waals surface area (Å²) in [5.41, 5.74) is 2.47. The van der Waals surface area contributed by atoms with Crippen LogP contribution in [0.4, 0.5) is 11.4 Å². The molecule has 0 unspecified atom stereocenters. The highest BCUT2D eigenvalue weighted by Gasteiger charge is 2.15. The van der Waals surface area contributed by atoms with Crippen molar-refractivity contribution in [3.05, 3.63) is 52.2 Å². The number of carbonyl (C=O) groups is 1. The van der Waals surface area contributed by atoms with E-state index in [0.29, 0.717) is 18.9 Å². The predicted octanol–water partition coefficient (Wildman–Crippen LogP) is 2.73. The Morgan fingerprint density at radius 2 is 2.17 bits per heavy atom. The topological polar surface area (TPSA) is 61.8 Å². The van der Waals surface area contributed by atoms with Gasteiger partial charge in [-0.15, -0.1) is 11.3 Å². The molecule has 2 aromatic rings. The highest BCUT2D eigenvalue weighted by molar-refractivity contribution is 7.10. The van der Waals surface area contributed by atoms with Gasteiger partial charge in [0.25, 0.3) is 0 Å². The van der Waals surface area contributed by atoms with Crippen LogP contribution in [0.5, 0.6) is 0 Å². The summed E-state index contributed by atoms with van der Waals surface area (Å²) in [7, 11) is 0. The van der Waals surface area contributed by atoms with Crippen molar-refractivity contribution in [3.8, 4) is 0 Å². The van der Waals surface area contributed by atoms with Crippen LogP contribution in [0, 0.1) is 0 Å². The molecule has 3 rings (SSSR count). The molecule has 0 spiro atoms. The van der Waals surface area contributed by atoms with E-state index in [-0.39, 0.29) is 12.5 Å². The summed E-state index contributed by atoms with van der Waals surface area (Å²) in [5, 5.41) is 14.5. The van der Waals surface area contributed by atoms with Gasteiger partial charge in [-0.25, -0.2) is 0 Å². The summed E-state index contributed by atoms with van der Waals surface area (Å²) in [6, 6.07) is 9.52. The average Bonchev–Trinajstić information content (AvgIpc) is 3.14. The Hall–Kier alpha value is -2.15. The Kier molecular flexibility index (Phi) is 5.63. The van der Waals surface area contributed by atoms with Crippen LogP contribution in [0.25, 0.3) is 6.08 Å². The Labute approximate surface area is 145 Å². The minimum atomic E-state index is -0.189. The third-order valence-electron chi connectivity index (χ3n) is 3.81. The van der Waals surface area contributed by atoms with Crippen molar-refractivity contribution in [3.63, 3.8) is 0 Å². The number of anilines is 2. The van der Waals surface area contributed by atoms with Crippen LogP contribution >= 0.6 is 11.3 Å². The molecule has 1 fully saturated rings. The quantitative estimate of drug-likeness (QED) is 0.819. The van der Waals surface area contributed by atoms with Gasteiger partial charge in [0.1, 0.15) is 0 Å². The lowest BCUT2D eigenvalue weighted by molar-refractivity contribution is -0.111. The average molecular weight is 344 g/mol. The molecular weight excluding hydrogens is 324 g/mol. The molecule has 0 bridgehead atoms. The van der Waals surface area contributed by atoms with E-state index in [1.165, 1.54) is 6.08 Å². The molecular formula is C18H20N2O3S. The number of hydrogen-bond donors (Lipinski definition) is 2. The lowest BCUT2D eigenvalue weighted by atomic mass is 10.1. The molecule has 0 aliphatic carbocycles. The first-order chi connectivity index (χ1) is 11.8. The number of nitrogens with one attached hydrogen (secondary N) is 1. The van der Waals surface area contributed by atoms with Crippen LogP contribution in [-0.4, -0.2) is 37.3 Å². The van der Waals surface area contributed by atoms with Crippen LogP contribution in [-0.2, 0) is 16.1 Å². The van der Waals surface area contributed by atoms with Crippen molar-refractivity contribution in [2.45, 2.75) is 6.61 Å². The molecule has 1 saturated heterocycles. The Balaban J connectivity index is 1.68. The van der Waals surface area contributed by atoms with Gasteiger partial charge in [0.15, 0.2) is 0 Å². The molecule has 24 heavy (non-hydrogen) atoms. The van der Waals surface area contributed by atoms with Crippen LogP contribution in [0.2, 0.25) is 0 Å². The molecule has 0 saturated carbocycles. The van der Waals surface area contributed by atoms with Crippen LogP contribution < -0.4 is 10.2 Å². The van der Waals surface area contributed by atoms with Gasteiger partial charge in [0.2, 0.25) is 5.91 Å². The maximum absolute atomic E-state index is 12.0. The number of ether oxygens (including phenoxy) is 1. The third-order valence-corrected chi connectivity index (χ3v) is 4.65. The molecule has 0 radical (unpaired) electrons. The van der Waals surface area contributed by atoms with E-state index in [9.17, 15) is 9.90 Å². The van der Waals surface area contributed by atoms with E-state index < -0.39 is 0 Å². The molecule has 1 aromatic carbocycles. The molecule has 126 valence electrons. The third kappa shape index (κ3) is 4.23. The Morgan fingerprint density at radius 3 is 2.88 bits per heavy atom. The van der Waals surface area contributed by atoms with Gasteiger partial charge in [0, 0.05) is 41.0 Å². The van der Waals surface area contributed by atoms with E-state index in [2.05, 4.69) is 10.2 Å². The number of hydrogen-bond acceptors (Lipinski definition) is 5. The van der Waals surface area contributed by atoms with E-state index in [4.69, 9.17) is 4.74 Å². The standard InChI is InChI=1S/C18H20N2O3S/c21-13-14-12-15(3-5-17(14)20-7-9-23-10-8-20)19-18(22)6-4-16-2-1-11-24-16/h1-6,11-12,21H,7-10,13H2,(H,19,22)/b6-4+. The number of rotatable bonds is 5. The number of carbonyl (C=O) groups excluding carboxylic acids is 1. The summed E-state index contributed by atoms with van der Waals surface area (Å²) >= 11 is 1.58. The molecule has 1 aliphatic rings. The molecule has 6 heteroatoms. The number of aliphatic hydroxyl groups excluding tert-OH is 1. The number of morpholine rings is 1. The number of nitrogens with zero attached hydrogens (tertiary/aromatic N) is 1. The largest absolute Gasteiger partial charge is 0.392 e. The molecule has 2 heterocycles. The maximum atomic E-state index is 12.0. The summed E-state index contributed by atoms with van der Waals surface area (Å²) in [5.74, 6) is -0.189. The Bertz CT molecular complexity index is 707. The van der Waals surface area contributed by atoms with Gasteiger partial charge < -0.3 is 20.1 Å². The van der Waals surface area contributed by atoms with E-state index >= 15 is 0 Å². The van der Waals surface area contributed by atoms with Crippen molar-refractivity contribution < 1.29 is 14.6 Å². The first-order valence-corrected chi connectivity index (χ1v) is 8.73. The highest BCUT2D eigenvalue weighted by atomic mass is 32.1. The second-order valence-electron chi connectivity index (χ2n) is 5.44. The zero-order valence-corrected chi connectivity index (χ0v) is 14.1. The van der Waals surface area contributed by atoms with Gasteiger partial charge in [-0.3, -0.25) is 4.79 Å². The lowest BCUT2D eigenvalue weighted by Gasteiger charge is -2.30. The van der Waals surface area contributed by atoms with Gasteiger partial charge in [-0.05, 0) is 35.7 Å². The van der Waals surface area contributed by atoms with E-state index in [1.807, 2.05) is 35.7 Å². The van der Waals surface area contributed by atoms with Gasteiger partial charge in [0.05, 0.1) is 19.8 Å². The SMILES string of the molecule is O=C(/C=C/c1cccs1)Nc1ccc(N2CCOCC2)c(CO)c1. The fraction of sp³-hybridized carbons (Fsp3) is 0.278. The maximum Gasteiger partial charge on any atom is 0.248 e. The summed E-state index contributed by atoms with van der Waals surface area (Å²) in [6.07, 6.45) is 3.30. The fourth-order valence-corrected chi connectivity index (χ4v) is 3.25. The number of amides is 1. The summed E-state index contributed by atoms with van der Waals surface area (Å²) in [6.45, 7) is 2.93. The zero-order valence-electron chi connectivity index (χ0n) is 13.3. The first-order valence-electron chi connectivity index (χ1n) is 7.85. The van der Waals surface area contributed by atoms with Crippen molar-refractivity contribution in [2.24, 2.45) is 0 Å². The van der Waals surface area contributed by atoms with Gasteiger partial charge in [-0.2, -0.15) is 0 Å². The van der Waals surface area contributed by atoms with Gasteiger partial charge in [-0.1, -0.05) is 6.07 Å². The van der Waals surface area contributed by atoms with Crippen molar-refractivity contribution in [1.82, 2.24) is 0 Å².